The summed E-state index contributed by atoms with van der Waals surface area (Å²) in [5.41, 5.74) is 1.20. The first-order valence-corrected chi connectivity index (χ1v) is 7.13. The van der Waals surface area contributed by atoms with Gasteiger partial charge in [0.05, 0.1) is 0 Å². The highest BCUT2D eigenvalue weighted by molar-refractivity contribution is 5.97. The molecule has 0 saturated carbocycles. The number of hydrogen-bond acceptors (Lipinski definition) is 3. The van der Waals surface area contributed by atoms with Gasteiger partial charge in [-0.3, -0.25) is 9.59 Å². The lowest BCUT2D eigenvalue weighted by Crippen LogP contribution is -2.33. The van der Waals surface area contributed by atoms with E-state index in [1.54, 1.807) is 25.4 Å². The average molecular weight is 368 g/mol. The van der Waals surface area contributed by atoms with Crippen molar-refractivity contribution in [1.29, 1.82) is 0 Å². The highest BCUT2D eigenvalue weighted by Crippen LogP contribution is 2.18. The third kappa shape index (κ3) is 8.16. The molecule has 0 aliphatic carbocycles. The molecule has 0 unspecified atom stereocenters. The Hall–Kier alpha value is -1.80. The normalized spacial score (nSPS) is 10.7. The fourth-order valence-electron chi connectivity index (χ4n) is 1.82. The fourth-order valence-corrected chi connectivity index (χ4v) is 1.82. The molecule has 0 atom stereocenters. The average Bonchev–Trinajstić information content (AvgIpc) is 2.46. The molecular formula is C15H21ClF3N3O2. The van der Waals surface area contributed by atoms with Crippen molar-refractivity contribution in [1.82, 2.24) is 10.6 Å². The van der Waals surface area contributed by atoms with Crippen molar-refractivity contribution in [2.75, 3.05) is 25.5 Å². The first kappa shape index (κ1) is 22.2. The molecule has 9 heteroatoms. The zero-order chi connectivity index (χ0) is 17.5. The number of carbonyl (C=O) groups is 2. The van der Waals surface area contributed by atoms with Crippen molar-refractivity contribution in [2.45, 2.75) is 25.9 Å². The summed E-state index contributed by atoms with van der Waals surface area (Å²) < 4.78 is 36.4. The number of anilines is 1. The van der Waals surface area contributed by atoms with E-state index in [0.717, 1.165) is 5.56 Å². The minimum absolute atomic E-state index is 0. The maximum Gasteiger partial charge on any atom is 0.405 e. The van der Waals surface area contributed by atoms with E-state index in [-0.39, 0.29) is 23.9 Å². The zero-order valence-corrected chi connectivity index (χ0v) is 14.2. The minimum Gasteiger partial charge on any atom is -0.343 e. The van der Waals surface area contributed by atoms with Gasteiger partial charge in [-0.25, -0.2) is 0 Å². The van der Waals surface area contributed by atoms with Gasteiger partial charge in [0.2, 0.25) is 5.91 Å². The van der Waals surface area contributed by atoms with Gasteiger partial charge in [0, 0.05) is 17.7 Å². The first-order valence-electron chi connectivity index (χ1n) is 7.13. The highest BCUT2D eigenvalue weighted by atomic mass is 35.5. The quantitative estimate of drug-likeness (QED) is 0.649. The third-order valence-electron chi connectivity index (χ3n) is 3.05. The summed E-state index contributed by atoms with van der Waals surface area (Å²) in [5, 5.41) is 7.39. The van der Waals surface area contributed by atoms with E-state index in [2.05, 4.69) is 10.6 Å². The molecule has 0 aliphatic rings. The van der Waals surface area contributed by atoms with Crippen LogP contribution in [0.5, 0.6) is 0 Å². The lowest BCUT2D eigenvalue weighted by molar-refractivity contribution is -0.123. The number of hydrogen-bond donors (Lipinski definition) is 3. The maximum absolute atomic E-state index is 12.1. The van der Waals surface area contributed by atoms with E-state index in [4.69, 9.17) is 0 Å². The molecule has 1 aromatic carbocycles. The summed E-state index contributed by atoms with van der Waals surface area (Å²) in [4.78, 5) is 23.5. The number of halogens is 4. The van der Waals surface area contributed by atoms with Crippen LogP contribution >= 0.6 is 12.4 Å². The lowest BCUT2D eigenvalue weighted by atomic mass is 10.1. The van der Waals surface area contributed by atoms with E-state index < -0.39 is 18.6 Å². The zero-order valence-electron chi connectivity index (χ0n) is 13.4. The second-order valence-corrected chi connectivity index (χ2v) is 5.08. The number of alkyl halides is 3. The van der Waals surface area contributed by atoms with Gasteiger partial charge in [-0.05, 0) is 44.6 Å². The van der Waals surface area contributed by atoms with E-state index in [9.17, 15) is 22.8 Å². The Labute approximate surface area is 144 Å². The van der Waals surface area contributed by atoms with Crippen molar-refractivity contribution < 1.29 is 22.8 Å². The second-order valence-electron chi connectivity index (χ2n) is 5.08. The number of aryl methyl sites for hydroxylation is 1. The van der Waals surface area contributed by atoms with Crippen LogP contribution < -0.4 is 16.0 Å². The van der Waals surface area contributed by atoms with Crippen molar-refractivity contribution in [3.63, 3.8) is 0 Å². The molecule has 5 nitrogen and oxygen atoms in total. The molecule has 0 fully saturated rings. The van der Waals surface area contributed by atoms with Gasteiger partial charge in [0.15, 0.2) is 0 Å². The number of amides is 2. The molecular weight excluding hydrogens is 347 g/mol. The molecule has 0 aromatic heterocycles. The minimum atomic E-state index is -4.47. The molecule has 2 amide bonds. The Balaban J connectivity index is 0.00000529. The van der Waals surface area contributed by atoms with Crippen LogP contribution in [0.25, 0.3) is 0 Å². The van der Waals surface area contributed by atoms with Gasteiger partial charge in [0.25, 0.3) is 5.91 Å². The van der Waals surface area contributed by atoms with Gasteiger partial charge < -0.3 is 16.0 Å². The van der Waals surface area contributed by atoms with Gasteiger partial charge in [0.1, 0.15) is 6.54 Å². The summed E-state index contributed by atoms with van der Waals surface area (Å²) in [6.45, 7) is 1.04. The first-order chi connectivity index (χ1) is 10.7. The number of rotatable bonds is 7. The molecule has 0 spiro atoms. The Morgan fingerprint density at radius 1 is 1.21 bits per heavy atom. The standard InChI is InChI=1S/C15H20F3N3O2.ClH/c1-10-5-6-11(14(23)20-9-15(16,17)18)8-12(10)21-13(22)4-3-7-19-2;/h5-6,8,19H,3-4,7,9H2,1-2H3,(H,20,23)(H,21,22);1H. The van der Waals surface area contributed by atoms with E-state index >= 15 is 0 Å². The van der Waals surface area contributed by atoms with Gasteiger partial charge in [-0.1, -0.05) is 6.07 Å². The largest absolute Gasteiger partial charge is 0.405 e. The Morgan fingerprint density at radius 3 is 2.46 bits per heavy atom. The smallest absolute Gasteiger partial charge is 0.343 e. The third-order valence-corrected chi connectivity index (χ3v) is 3.05. The van der Waals surface area contributed by atoms with Crippen LogP contribution in [0.1, 0.15) is 28.8 Å². The molecule has 0 radical (unpaired) electrons. The van der Waals surface area contributed by atoms with E-state index in [0.29, 0.717) is 25.1 Å². The Kier molecular flexibility index (Phi) is 9.38. The van der Waals surface area contributed by atoms with Crippen LogP contribution in [0.3, 0.4) is 0 Å². The van der Waals surface area contributed by atoms with Crippen LogP contribution in [-0.2, 0) is 4.79 Å². The van der Waals surface area contributed by atoms with E-state index in [1.807, 2.05) is 0 Å². The van der Waals surface area contributed by atoms with Crippen molar-refractivity contribution >= 4 is 29.9 Å². The molecule has 24 heavy (non-hydrogen) atoms. The molecule has 3 N–H and O–H groups in total. The van der Waals surface area contributed by atoms with Crippen LogP contribution in [0, 0.1) is 6.92 Å². The SMILES string of the molecule is CNCCCC(=O)Nc1cc(C(=O)NCC(F)(F)F)ccc1C.Cl. The molecule has 1 aromatic rings. The maximum atomic E-state index is 12.1. The predicted molar refractivity (Wildman–Crippen MR) is 88.6 cm³/mol. The predicted octanol–water partition coefficient (Wildman–Crippen LogP) is 2.65. The molecule has 0 aliphatic heterocycles. The summed E-state index contributed by atoms with van der Waals surface area (Å²) >= 11 is 0. The van der Waals surface area contributed by atoms with Crippen LogP contribution in [-0.4, -0.2) is 38.1 Å². The van der Waals surface area contributed by atoms with Crippen molar-refractivity contribution in [3.8, 4) is 0 Å². The highest BCUT2D eigenvalue weighted by Gasteiger charge is 2.28. The van der Waals surface area contributed by atoms with Crippen LogP contribution in [0.15, 0.2) is 18.2 Å². The van der Waals surface area contributed by atoms with Crippen molar-refractivity contribution in [3.05, 3.63) is 29.3 Å². The number of carbonyl (C=O) groups excluding carboxylic acids is 2. The summed E-state index contributed by atoms with van der Waals surface area (Å²) in [6.07, 6.45) is -3.50. The lowest BCUT2D eigenvalue weighted by Gasteiger charge is -2.12. The summed E-state index contributed by atoms with van der Waals surface area (Å²) in [7, 11) is 1.78. The van der Waals surface area contributed by atoms with E-state index in [1.165, 1.54) is 12.1 Å². The van der Waals surface area contributed by atoms with Crippen LogP contribution in [0.4, 0.5) is 18.9 Å². The van der Waals surface area contributed by atoms with Gasteiger partial charge in [-0.2, -0.15) is 13.2 Å². The number of benzene rings is 1. The monoisotopic (exact) mass is 367 g/mol. The topological polar surface area (TPSA) is 70.2 Å². The summed E-state index contributed by atoms with van der Waals surface area (Å²) in [5.74, 6) is -1.05. The second kappa shape index (κ2) is 10.1. The molecule has 136 valence electrons. The van der Waals surface area contributed by atoms with Gasteiger partial charge in [-0.15, -0.1) is 12.4 Å². The summed E-state index contributed by atoms with van der Waals surface area (Å²) in [6, 6.07) is 4.36. The fraction of sp³-hybridized carbons (Fsp3) is 0.467. The molecule has 0 bridgehead atoms. The van der Waals surface area contributed by atoms with Gasteiger partial charge >= 0.3 is 6.18 Å². The Morgan fingerprint density at radius 2 is 1.88 bits per heavy atom. The van der Waals surface area contributed by atoms with Crippen LogP contribution in [0.2, 0.25) is 0 Å². The molecule has 0 saturated heterocycles. The Bertz CT molecular complexity index is 565. The molecule has 0 heterocycles. The van der Waals surface area contributed by atoms with Crippen molar-refractivity contribution in [2.24, 2.45) is 0 Å². The number of nitrogens with one attached hydrogen (secondary N) is 3. The molecule has 1 rings (SSSR count).